The number of aliphatic hydroxyl groups is 2. The van der Waals surface area contributed by atoms with Crippen LogP contribution in [0.1, 0.15) is 57.3 Å². The van der Waals surface area contributed by atoms with Gasteiger partial charge in [0, 0.05) is 11.5 Å². The molecule has 5 rings (SSSR count). The van der Waals surface area contributed by atoms with Gasteiger partial charge in [0.2, 0.25) is 0 Å². The number of hydrogen-bond acceptors (Lipinski definition) is 5. The smallest absolute Gasteiger partial charge is 0.162 e. The van der Waals surface area contributed by atoms with Crippen LogP contribution in [0.2, 0.25) is 0 Å². The van der Waals surface area contributed by atoms with Crippen molar-refractivity contribution < 1.29 is 19.5 Å². The number of Topliss-reactive ketones (excluding diaryl/α,β-unsaturated/α-hetero) is 1. The lowest BCUT2D eigenvalue weighted by atomic mass is 9.46. The van der Waals surface area contributed by atoms with Gasteiger partial charge < -0.3 is 14.7 Å². The molecular weight excluding hydrogens is 342 g/mol. The van der Waals surface area contributed by atoms with Crippen molar-refractivity contribution >= 4 is 11.9 Å². The normalized spacial score (nSPS) is 45.3. The summed E-state index contributed by atoms with van der Waals surface area (Å²) in [5.41, 5.74) is 2.27. The summed E-state index contributed by atoms with van der Waals surface area (Å²) in [6.45, 7) is 4.12. The zero-order valence-corrected chi connectivity index (χ0v) is 16.1. The van der Waals surface area contributed by atoms with Crippen molar-refractivity contribution in [3.63, 3.8) is 0 Å². The molecule has 146 valence electrons. The maximum Gasteiger partial charge on any atom is 0.162 e. The van der Waals surface area contributed by atoms with Crippen molar-refractivity contribution in [3.05, 3.63) is 23.1 Å². The molecule has 1 aromatic rings. The predicted molar refractivity (Wildman–Crippen MR) is 99.5 cm³/mol. The number of nitrogens with zero attached hydrogens (tertiary/aromatic N) is 1. The molecule has 3 unspecified atom stereocenters. The van der Waals surface area contributed by atoms with Gasteiger partial charge in [-0.15, -0.1) is 0 Å². The van der Waals surface area contributed by atoms with Gasteiger partial charge in [0.15, 0.2) is 11.5 Å². The zero-order chi connectivity index (χ0) is 19.0. The molecule has 3 saturated carbocycles. The van der Waals surface area contributed by atoms with Crippen LogP contribution >= 0.6 is 0 Å². The van der Waals surface area contributed by atoms with Crippen LogP contribution in [0, 0.1) is 34.5 Å². The van der Waals surface area contributed by atoms with Crippen LogP contribution in [0.15, 0.2) is 16.3 Å². The Balaban J connectivity index is 1.53. The molecule has 0 saturated heterocycles. The number of hydrogen-bond donors (Lipinski definition) is 2. The molecule has 0 amide bonds. The van der Waals surface area contributed by atoms with Crippen molar-refractivity contribution in [1.82, 2.24) is 5.16 Å². The second kappa shape index (κ2) is 5.77. The Morgan fingerprint density at radius 3 is 2.93 bits per heavy atom. The lowest BCUT2D eigenvalue weighted by molar-refractivity contribution is -0.144. The Morgan fingerprint density at radius 2 is 2.15 bits per heavy atom. The average Bonchev–Trinajstić information content (AvgIpc) is 3.21. The van der Waals surface area contributed by atoms with Gasteiger partial charge in [0.05, 0.1) is 12.3 Å². The number of rotatable bonds is 2. The summed E-state index contributed by atoms with van der Waals surface area (Å²) in [6.07, 6.45) is 9.08. The van der Waals surface area contributed by atoms with Crippen LogP contribution in [0.25, 0.3) is 6.08 Å². The highest BCUT2D eigenvalue weighted by Crippen LogP contribution is 2.66. The van der Waals surface area contributed by atoms with E-state index in [9.17, 15) is 15.0 Å². The predicted octanol–water partition coefficient (Wildman–Crippen LogP) is 3.01. The molecular formula is C22H29NO4. The minimum Gasteiger partial charge on any atom is -0.393 e. The molecule has 4 aliphatic carbocycles. The van der Waals surface area contributed by atoms with Gasteiger partial charge in [0.1, 0.15) is 6.61 Å². The molecule has 0 aromatic carbocycles. The minimum atomic E-state index is -0.418. The van der Waals surface area contributed by atoms with Crippen LogP contribution in [0.4, 0.5) is 0 Å². The van der Waals surface area contributed by atoms with E-state index in [1.54, 1.807) is 0 Å². The Bertz CT molecular complexity index is 813. The van der Waals surface area contributed by atoms with E-state index in [1.165, 1.54) is 5.57 Å². The monoisotopic (exact) mass is 371 g/mol. The van der Waals surface area contributed by atoms with Crippen LogP contribution in [0.3, 0.4) is 0 Å². The van der Waals surface area contributed by atoms with Crippen molar-refractivity contribution in [2.75, 3.05) is 6.61 Å². The first-order valence-corrected chi connectivity index (χ1v) is 10.3. The van der Waals surface area contributed by atoms with Crippen LogP contribution in [-0.4, -0.2) is 33.9 Å². The zero-order valence-electron chi connectivity index (χ0n) is 16.1. The van der Waals surface area contributed by atoms with Crippen molar-refractivity contribution in [1.29, 1.82) is 0 Å². The number of aliphatic hydroxyl groups excluding tert-OH is 2. The number of carbonyl (C=O) groups is 1. The molecule has 1 heterocycles. The standard InChI is InChI=1S/C22H29NO4/c1-21-8-12-10-23-27-19(12)7-13(21)3-4-14-15-5-6-16(18(26)11-24)22(15,2)9-17(25)20(14)21/h7,10,14-17,20,24-25H,3-6,8-9,11H2,1-2H3/t14?,15?,16-,17+,20?,21+,22+/m1/s1. The van der Waals surface area contributed by atoms with E-state index in [1.807, 2.05) is 6.20 Å². The van der Waals surface area contributed by atoms with Crippen molar-refractivity contribution in [2.45, 2.75) is 58.5 Å². The van der Waals surface area contributed by atoms with Crippen LogP contribution in [-0.2, 0) is 11.2 Å². The Hall–Kier alpha value is -1.46. The Labute approximate surface area is 159 Å². The molecule has 4 aliphatic rings. The molecule has 5 heteroatoms. The second-order valence-corrected chi connectivity index (χ2v) is 9.85. The third-order valence-corrected chi connectivity index (χ3v) is 8.75. The van der Waals surface area contributed by atoms with Gasteiger partial charge in [-0.1, -0.05) is 24.6 Å². The molecule has 0 spiro atoms. The van der Waals surface area contributed by atoms with E-state index in [4.69, 9.17) is 4.52 Å². The molecule has 0 bridgehead atoms. The molecule has 1 aromatic heterocycles. The van der Waals surface area contributed by atoms with Gasteiger partial charge in [-0.25, -0.2) is 0 Å². The molecule has 3 fully saturated rings. The minimum absolute atomic E-state index is 0.0416. The third-order valence-electron chi connectivity index (χ3n) is 8.75. The van der Waals surface area contributed by atoms with E-state index in [0.29, 0.717) is 18.3 Å². The molecule has 0 aliphatic heterocycles. The summed E-state index contributed by atoms with van der Waals surface area (Å²) < 4.78 is 5.40. The van der Waals surface area contributed by atoms with Gasteiger partial charge >= 0.3 is 0 Å². The fraction of sp³-hybridized carbons (Fsp3) is 0.727. The molecule has 27 heavy (non-hydrogen) atoms. The maximum atomic E-state index is 12.4. The fourth-order valence-corrected chi connectivity index (χ4v) is 7.66. The van der Waals surface area contributed by atoms with E-state index in [0.717, 1.165) is 43.4 Å². The first-order chi connectivity index (χ1) is 12.9. The lowest BCUT2D eigenvalue weighted by Crippen LogP contribution is -2.57. The largest absolute Gasteiger partial charge is 0.393 e. The van der Waals surface area contributed by atoms with E-state index < -0.39 is 6.10 Å². The van der Waals surface area contributed by atoms with Crippen molar-refractivity contribution in [2.24, 2.45) is 34.5 Å². The average molecular weight is 371 g/mol. The van der Waals surface area contributed by atoms with E-state index >= 15 is 0 Å². The van der Waals surface area contributed by atoms with Gasteiger partial charge in [-0.05, 0) is 73.2 Å². The molecule has 5 nitrogen and oxygen atoms in total. The van der Waals surface area contributed by atoms with Crippen molar-refractivity contribution in [3.8, 4) is 0 Å². The summed E-state index contributed by atoms with van der Waals surface area (Å²) in [6, 6.07) is 0. The number of fused-ring (bicyclic) bond motifs is 6. The maximum absolute atomic E-state index is 12.4. The first kappa shape index (κ1) is 17.6. The summed E-state index contributed by atoms with van der Waals surface area (Å²) in [7, 11) is 0. The van der Waals surface area contributed by atoms with Gasteiger partial charge in [0.25, 0.3) is 0 Å². The number of allylic oxidation sites excluding steroid dienone is 1. The number of ketones is 1. The topological polar surface area (TPSA) is 83.6 Å². The lowest BCUT2D eigenvalue weighted by Gasteiger charge is -2.59. The van der Waals surface area contributed by atoms with Gasteiger partial charge in [-0.2, -0.15) is 0 Å². The number of aromatic nitrogens is 1. The second-order valence-electron chi connectivity index (χ2n) is 9.85. The summed E-state index contributed by atoms with van der Waals surface area (Å²) in [5, 5.41) is 24.8. The SMILES string of the molecule is C[C@]12Cc3cnoc3C=C1CCC1C2[C@@H](O)C[C@@]2(C)C1CC[C@@H]2C(=O)CO. The fourth-order valence-electron chi connectivity index (χ4n) is 7.66. The summed E-state index contributed by atoms with van der Waals surface area (Å²) >= 11 is 0. The van der Waals surface area contributed by atoms with Gasteiger partial charge in [-0.3, -0.25) is 4.79 Å². The molecule has 7 atom stereocenters. The van der Waals surface area contributed by atoms with Crippen LogP contribution < -0.4 is 0 Å². The Morgan fingerprint density at radius 1 is 1.33 bits per heavy atom. The van der Waals surface area contributed by atoms with Crippen LogP contribution in [0.5, 0.6) is 0 Å². The molecule has 0 radical (unpaired) electrons. The highest BCUT2D eigenvalue weighted by Gasteiger charge is 2.62. The summed E-state index contributed by atoms with van der Waals surface area (Å²) in [4.78, 5) is 12.4. The highest BCUT2D eigenvalue weighted by molar-refractivity contribution is 5.83. The molecule has 2 N–H and O–H groups in total. The third kappa shape index (κ3) is 2.24. The quantitative estimate of drug-likeness (QED) is 0.835. The van der Waals surface area contributed by atoms with E-state index in [-0.39, 0.29) is 35.1 Å². The number of carbonyl (C=O) groups excluding carboxylic acids is 1. The Kier molecular flexibility index (Phi) is 3.77. The summed E-state index contributed by atoms with van der Waals surface area (Å²) in [5.74, 6) is 1.82. The first-order valence-electron chi connectivity index (χ1n) is 10.3. The van der Waals surface area contributed by atoms with E-state index in [2.05, 4.69) is 25.1 Å². The highest BCUT2D eigenvalue weighted by atomic mass is 16.5.